The average Bonchev–Trinajstić information content (AvgIpc) is 2.70. The molecule has 0 spiro atoms. The van der Waals surface area contributed by atoms with Crippen molar-refractivity contribution in [2.75, 3.05) is 6.16 Å². The maximum atomic E-state index is 11.2. The van der Waals surface area contributed by atoms with E-state index in [-0.39, 0.29) is 11.6 Å². The van der Waals surface area contributed by atoms with Gasteiger partial charge in [-0.15, -0.1) is 0 Å². The van der Waals surface area contributed by atoms with Crippen LogP contribution in [0.5, 0.6) is 0 Å². The van der Waals surface area contributed by atoms with E-state index in [0.29, 0.717) is 23.0 Å². The molecule has 0 fully saturated rings. The standard InChI is InChI=1S/C10H13BrN2O6P2/c11-8-4-9-12-10(21(17,18)19)6-13(9)5-7(8)2-1-3-20(14,15)16/h4-6H,1-3H2,(H2,14,15,16)(H2,17,18,19). The third-order valence-corrected chi connectivity index (χ3v) is 5.25. The number of aryl methyl sites for hydroxylation is 1. The number of nitrogens with zero attached hydrogens (tertiary/aromatic N) is 2. The van der Waals surface area contributed by atoms with Crippen LogP contribution < -0.4 is 5.44 Å². The summed E-state index contributed by atoms with van der Waals surface area (Å²) in [6.45, 7) is 0. The van der Waals surface area contributed by atoms with Gasteiger partial charge < -0.3 is 24.0 Å². The Kier molecular flexibility index (Phi) is 4.75. The lowest BCUT2D eigenvalue weighted by atomic mass is 10.2. The highest BCUT2D eigenvalue weighted by molar-refractivity contribution is 9.10. The summed E-state index contributed by atoms with van der Waals surface area (Å²) in [6.07, 6.45) is 3.38. The van der Waals surface area contributed by atoms with Crippen LogP contribution in [0.4, 0.5) is 0 Å². The lowest BCUT2D eigenvalue weighted by Gasteiger charge is -2.06. The molecule has 0 bridgehead atoms. The van der Waals surface area contributed by atoms with Gasteiger partial charge in [0.2, 0.25) is 0 Å². The summed E-state index contributed by atoms with van der Waals surface area (Å²) in [5, 5.41) is 0. The molecule has 0 aliphatic heterocycles. The quantitative estimate of drug-likeness (QED) is 0.552. The van der Waals surface area contributed by atoms with E-state index in [4.69, 9.17) is 19.6 Å². The highest BCUT2D eigenvalue weighted by Gasteiger charge is 2.21. The van der Waals surface area contributed by atoms with Crippen molar-refractivity contribution in [1.29, 1.82) is 0 Å². The fourth-order valence-electron chi connectivity index (χ4n) is 1.84. The molecule has 0 aliphatic rings. The molecule has 0 saturated heterocycles. The number of pyridine rings is 1. The van der Waals surface area contributed by atoms with Crippen molar-refractivity contribution >= 4 is 42.2 Å². The largest absolute Gasteiger partial charge is 0.376 e. The highest BCUT2D eigenvalue weighted by atomic mass is 79.9. The van der Waals surface area contributed by atoms with Crippen LogP contribution in [-0.4, -0.2) is 35.1 Å². The van der Waals surface area contributed by atoms with Crippen molar-refractivity contribution in [3.05, 3.63) is 28.5 Å². The van der Waals surface area contributed by atoms with E-state index < -0.39 is 15.2 Å². The summed E-state index contributed by atoms with van der Waals surface area (Å²) in [7, 11) is -8.44. The highest BCUT2D eigenvalue weighted by Crippen LogP contribution is 2.36. The molecule has 0 aromatic carbocycles. The molecule has 2 aromatic rings. The van der Waals surface area contributed by atoms with Crippen molar-refractivity contribution in [3.8, 4) is 0 Å². The maximum Gasteiger partial charge on any atom is 0.376 e. The Balaban J connectivity index is 2.27. The molecule has 2 rings (SSSR count). The number of fused-ring (bicyclic) bond motifs is 1. The Morgan fingerprint density at radius 1 is 1.19 bits per heavy atom. The molecule has 4 N–H and O–H groups in total. The van der Waals surface area contributed by atoms with Crippen LogP contribution in [0.1, 0.15) is 12.0 Å². The Morgan fingerprint density at radius 3 is 2.43 bits per heavy atom. The van der Waals surface area contributed by atoms with Crippen LogP contribution in [0.2, 0.25) is 0 Å². The zero-order valence-corrected chi connectivity index (χ0v) is 14.0. The van der Waals surface area contributed by atoms with E-state index in [0.717, 1.165) is 5.56 Å². The fraction of sp³-hybridized carbons (Fsp3) is 0.300. The summed E-state index contributed by atoms with van der Waals surface area (Å²) in [6, 6.07) is 1.60. The first kappa shape index (κ1) is 16.8. The van der Waals surface area contributed by atoms with E-state index in [1.165, 1.54) is 10.6 Å². The van der Waals surface area contributed by atoms with Gasteiger partial charge in [0.25, 0.3) is 0 Å². The van der Waals surface area contributed by atoms with Gasteiger partial charge in [-0.2, -0.15) is 0 Å². The van der Waals surface area contributed by atoms with E-state index >= 15 is 0 Å². The van der Waals surface area contributed by atoms with Gasteiger partial charge in [0, 0.05) is 16.9 Å². The molecule has 11 heteroatoms. The number of aromatic nitrogens is 2. The normalized spacial score (nSPS) is 13.0. The molecule has 8 nitrogen and oxygen atoms in total. The molecular formula is C10H13BrN2O6P2. The smallest absolute Gasteiger partial charge is 0.324 e. The van der Waals surface area contributed by atoms with Gasteiger partial charge in [0.1, 0.15) is 5.65 Å². The van der Waals surface area contributed by atoms with Crippen molar-refractivity contribution in [2.24, 2.45) is 0 Å². The number of halogens is 1. The summed E-state index contributed by atoms with van der Waals surface area (Å²) < 4.78 is 24.1. The predicted molar refractivity (Wildman–Crippen MR) is 79.8 cm³/mol. The molecule has 0 amide bonds. The zero-order chi connectivity index (χ0) is 15.8. The van der Waals surface area contributed by atoms with Crippen molar-refractivity contribution in [1.82, 2.24) is 9.38 Å². The van der Waals surface area contributed by atoms with Crippen molar-refractivity contribution in [2.45, 2.75) is 12.8 Å². The number of hydrogen-bond donors (Lipinski definition) is 4. The molecule has 0 radical (unpaired) electrons. The minimum Gasteiger partial charge on any atom is -0.324 e. The van der Waals surface area contributed by atoms with Gasteiger partial charge in [-0.05, 0) is 24.5 Å². The summed E-state index contributed by atoms with van der Waals surface area (Å²) >= 11 is 3.32. The molecule has 21 heavy (non-hydrogen) atoms. The first-order chi connectivity index (χ1) is 9.56. The van der Waals surface area contributed by atoms with Crippen molar-refractivity contribution in [3.63, 3.8) is 0 Å². The second-order valence-electron chi connectivity index (χ2n) is 4.55. The summed E-state index contributed by atoms with van der Waals surface area (Å²) in [4.78, 5) is 39.7. The van der Waals surface area contributed by atoms with Gasteiger partial charge in [-0.3, -0.25) is 9.13 Å². The second-order valence-corrected chi connectivity index (χ2v) is 8.72. The van der Waals surface area contributed by atoms with Crippen LogP contribution in [0.15, 0.2) is 22.9 Å². The second kappa shape index (κ2) is 5.93. The maximum absolute atomic E-state index is 11.2. The first-order valence-corrected chi connectivity index (χ1v) is 10.0. The minimum absolute atomic E-state index is 0.213. The Labute approximate surface area is 128 Å². The summed E-state index contributed by atoms with van der Waals surface area (Å²) in [5.74, 6) is 0. The molecular weight excluding hydrogens is 386 g/mol. The first-order valence-electron chi connectivity index (χ1n) is 5.84. The van der Waals surface area contributed by atoms with Crippen LogP contribution in [0.25, 0.3) is 5.65 Å². The average molecular weight is 399 g/mol. The number of imidazole rings is 1. The van der Waals surface area contributed by atoms with Gasteiger partial charge in [-0.1, -0.05) is 15.9 Å². The minimum atomic E-state index is -4.41. The monoisotopic (exact) mass is 398 g/mol. The van der Waals surface area contributed by atoms with Crippen LogP contribution >= 0.6 is 31.1 Å². The molecule has 0 saturated carbocycles. The molecule has 2 heterocycles. The molecule has 0 aliphatic carbocycles. The lowest BCUT2D eigenvalue weighted by Crippen LogP contribution is -2.03. The van der Waals surface area contributed by atoms with E-state index in [9.17, 15) is 9.13 Å². The Bertz CT molecular complexity index is 764. The zero-order valence-electron chi connectivity index (χ0n) is 10.6. The van der Waals surface area contributed by atoms with Gasteiger partial charge in [-0.25, -0.2) is 4.98 Å². The number of hydrogen-bond acceptors (Lipinski definition) is 3. The number of rotatable bonds is 5. The predicted octanol–water partition coefficient (Wildman–Crippen LogP) is 1.01. The van der Waals surface area contributed by atoms with Crippen LogP contribution in [0.3, 0.4) is 0 Å². The third-order valence-electron chi connectivity index (χ3n) is 2.80. The summed E-state index contributed by atoms with van der Waals surface area (Å²) in [5.41, 5.74) is 0.825. The fourth-order valence-corrected chi connectivity index (χ4v) is 3.42. The van der Waals surface area contributed by atoms with Gasteiger partial charge >= 0.3 is 15.2 Å². The van der Waals surface area contributed by atoms with Crippen LogP contribution in [0, 0.1) is 0 Å². The molecule has 2 aromatic heterocycles. The Morgan fingerprint density at radius 2 is 1.86 bits per heavy atom. The molecule has 0 atom stereocenters. The van der Waals surface area contributed by atoms with E-state index in [2.05, 4.69) is 20.9 Å². The third kappa shape index (κ3) is 4.47. The van der Waals surface area contributed by atoms with Crippen LogP contribution in [-0.2, 0) is 15.6 Å². The van der Waals surface area contributed by atoms with E-state index in [1.54, 1.807) is 12.3 Å². The SMILES string of the molecule is O=P(O)(O)CCCc1cn2cc(P(=O)(O)O)nc2cc1Br. The van der Waals surface area contributed by atoms with Gasteiger partial charge in [0.15, 0.2) is 5.44 Å². The molecule has 0 unspecified atom stereocenters. The topological polar surface area (TPSA) is 132 Å². The van der Waals surface area contributed by atoms with Gasteiger partial charge in [0.05, 0.1) is 6.16 Å². The van der Waals surface area contributed by atoms with Crippen molar-refractivity contribution < 1.29 is 28.7 Å². The Hall–Kier alpha value is -0.530. The molecule has 116 valence electrons. The lowest BCUT2D eigenvalue weighted by molar-refractivity contribution is 0.371. The van der Waals surface area contributed by atoms with E-state index in [1.807, 2.05) is 0 Å².